The predicted octanol–water partition coefficient (Wildman–Crippen LogP) is 1.02. The van der Waals surface area contributed by atoms with Crippen LogP contribution in [0, 0.1) is 0 Å². The van der Waals surface area contributed by atoms with Gasteiger partial charge in [-0.2, -0.15) is 11.8 Å². The van der Waals surface area contributed by atoms with E-state index in [-0.39, 0.29) is 12.5 Å². The molecule has 0 rings (SSSR count). The Morgan fingerprint density at radius 2 is 2.15 bits per heavy atom. The smallest absolute Gasteiger partial charge is 0.219 e. The number of thioether (sulfide) groups is 1. The molecule has 0 atom stereocenters. The Labute approximate surface area is 84.3 Å². The van der Waals surface area contributed by atoms with Crippen molar-refractivity contribution >= 4 is 17.7 Å². The summed E-state index contributed by atoms with van der Waals surface area (Å²) in [6.07, 6.45) is 5.14. The first-order valence-corrected chi connectivity index (χ1v) is 6.07. The van der Waals surface area contributed by atoms with Gasteiger partial charge in [-0.1, -0.05) is 0 Å². The molecule has 1 amide bonds. The lowest BCUT2D eigenvalue weighted by Gasteiger charge is -2.03. The second-order valence-electron chi connectivity index (χ2n) is 2.88. The van der Waals surface area contributed by atoms with E-state index in [2.05, 4.69) is 11.6 Å². The lowest BCUT2D eigenvalue weighted by molar-refractivity contribution is -0.121. The quantitative estimate of drug-likeness (QED) is 0.582. The number of aliphatic hydroxyl groups is 1. The summed E-state index contributed by atoms with van der Waals surface area (Å²) >= 11 is 1.79. The molecule has 0 radical (unpaired) electrons. The van der Waals surface area contributed by atoms with Crippen molar-refractivity contribution in [3.8, 4) is 0 Å². The predicted molar refractivity (Wildman–Crippen MR) is 56.9 cm³/mol. The van der Waals surface area contributed by atoms with Gasteiger partial charge in [0, 0.05) is 19.6 Å². The highest BCUT2D eigenvalue weighted by molar-refractivity contribution is 7.98. The number of unbranched alkanes of at least 4 members (excludes halogenated alkanes) is 1. The third kappa shape index (κ3) is 9.70. The first kappa shape index (κ1) is 12.8. The monoisotopic (exact) mass is 205 g/mol. The van der Waals surface area contributed by atoms with Crippen LogP contribution in [0.2, 0.25) is 0 Å². The van der Waals surface area contributed by atoms with Crippen LogP contribution in [-0.4, -0.2) is 36.2 Å². The Morgan fingerprint density at radius 1 is 1.38 bits per heavy atom. The highest BCUT2D eigenvalue weighted by Gasteiger charge is 1.98. The Balaban J connectivity index is 3.11. The second-order valence-corrected chi connectivity index (χ2v) is 3.86. The molecule has 3 nitrogen and oxygen atoms in total. The topological polar surface area (TPSA) is 49.3 Å². The zero-order valence-electron chi connectivity index (χ0n) is 8.21. The maximum Gasteiger partial charge on any atom is 0.219 e. The molecule has 78 valence electrons. The fraction of sp³-hybridized carbons (Fsp3) is 0.889. The summed E-state index contributed by atoms with van der Waals surface area (Å²) in [6.45, 7) is 0.957. The lowest BCUT2D eigenvalue weighted by Crippen LogP contribution is -2.24. The Kier molecular flexibility index (Phi) is 9.70. The van der Waals surface area contributed by atoms with Crippen molar-refractivity contribution in [3.63, 3.8) is 0 Å². The molecule has 0 aromatic rings. The van der Waals surface area contributed by atoms with Crippen molar-refractivity contribution < 1.29 is 9.90 Å². The summed E-state index contributed by atoms with van der Waals surface area (Å²) in [4.78, 5) is 11.1. The van der Waals surface area contributed by atoms with Crippen molar-refractivity contribution in [1.82, 2.24) is 5.32 Å². The van der Waals surface area contributed by atoms with E-state index < -0.39 is 0 Å². The van der Waals surface area contributed by atoms with Gasteiger partial charge in [0.2, 0.25) is 5.91 Å². The number of carbonyl (C=O) groups excluding carboxylic acids is 1. The Bertz CT molecular complexity index is 131. The summed E-state index contributed by atoms with van der Waals surface area (Å²) in [5.41, 5.74) is 0. The van der Waals surface area contributed by atoms with Crippen LogP contribution in [0.15, 0.2) is 0 Å². The van der Waals surface area contributed by atoms with Crippen molar-refractivity contribution in [2.45, 2.75) is 25.7 Å². The number of rotatable bonds is 8. The Hall–Kier alpha value is -0.220. The molecule has 0 aliphatic carbocycles. The molecule has 13 heavy (non-hydrogen) atoms. The first-order valence-electron chi connectivity index (χ1n) is 4.67. The maximum absolute atomic E-state index is 11.1. The van der Waals surface area contributed by atoms with Gasteiger partial charge in [-0.3, -0.25) is 4.79 Å². The van der Waals surface area contributed by atoms with E-state index in [1.54, 1.807) is 11.8 Å². The van der Waals surface area contributed by atoms with Crippen molar-refractivity contribution in [1.29, 1.82) is 0 Å². The van der Waals surface area contributed by atoms with Crippen LogP contribution in [-0.2, 0) is 4.79 Å². The van der Waals surface area contributed by atoms with Crippen LogP contribution in [0.25, 0.3) is 0 Å². The molecule has 4 heteroatoms. The molecular weight excluding hydrogens is 186 g/mol. The molecule has 0 fully saturated rings. The van der Waals surface area contributed by atoms with Gasteiger partial charge >= 0.3 is 0 Å². The molecule has 2 N–H and O–H groups in total. The van der Waals surface area contributed by atoms with E-state index in [4.69, 9.17) is 5.11 Å². The molecule has 0 aromatic heterocycles. The summed E-state index contributed by atoms with van der Waals surface area (Å²) in [5.74, 6) is 1.20. The maximum atomic E-state index is 11.1. The van der Waals surface area contributed by atoms with Gasteiger partial charge in [-0.05, 0) is 31.3 Å². The molecule has 0 spiro atoms. The van der Waals surface area contributed by atoms with Crippen LogP contribution in [0.5, 0.6) is 0 Å². The molecular formula is C9H19NO2S. The van der Waals surface area contributed by atoms with Gasteiger partial charge in [-0.15, -0.1) is 0 Å². The summed E-state index contributed by atoms with van der Waals surface area (Å²) in [6, 6.07) is 0. The Morgan fingerprint density at radius 3 is 2.77 bits per heavy atom. The van der Waals surface area contributed by atoms with E-state index >= 15 is 0 Å². The number of aliphatic hydroxyl groups excluding tert-OH is 1. The van der Waals surface area contributed by atoms with Crippen molar-refractivity contribution in [2.24, 2.45) is 0 Å². The van der Waals surface area contributed by atoms with Gasteiger partial charge < -0.3 is 10.4 Å². The standard InChI is InChI=1S/C9H19NO2S/c1-13-8-4-6-10-9(12)5-2-3-7-11/h11H,2-8H2,1H3,(H,10,12). The molecule has 0 heterocycles. The highest BCUT2D eigenvalue weighted by Crippen LogP contribution is 1.95. The minimum absolute atomic E-state index is 0.106. The number of hydrogen-bond donors (Lipinski definition) is 2. The largest absolute Gasteiger partial charge is 0.396 e. The zero-order chi connectivity index (χ0) is 9.94. The van der Waals surface area contributed by atoms with Crippen molar-refractivity contribution in [2.75, 3.05) is 25.2 Å². The van der Waals surface area contributed by atoms with E-state index in [1.165, 1.54) is 0 Å². The van der Waals surface area contributed by atoms with Crippen LogP contribution < -0.4 is 5.32 Å². The summed E-state index contributed by atoms with van der Waals surface area (Å²) < 4.78 is 0. The average Bonchev–Trinajstić information content (AvgIpc) is 2.13. The fourth-order valence-corrected chi connectivity index (χ4v) is 1.36. The van der Waals surface area contributed by atoms with Gasteiger partial charge in [0.15, 0.2) is 0 Å². The normalized spacial score (nSPS) is 10.0. The number of nitrogens with one attached hydrogen (secondary N) is 1. The van der Waals surface area contributed by atoms with E-state index in [0.717, 1.165) is 31.6 Å². The SMILES string of the molecule is CSCCCNC(=O)CCCCO. The molecule has 0 bridgehead atoms. The minimum Gasteiger partial charge on any atom is -0.396 e. The molecule has 0 saturated carbocycles. The van der Waals surface area contributed by atoms with E-state index in [9.17, 15) is 4.79 Å². The molecule has 0 aromatic carbocycles. The minimum atomic E-state index is 0.106. The molecule has 0 aliphatic rings. The summed E-state index contributed by atoms with van der Waals surface area (Å²) in [5, 5.41) is 11.3. The van der Waals surface area contributed by atoms with Gasteiger partial charge in [0.1, 0.15) is 0 Å². The van der Waals surface area contributed by atoms with Crippen LogP contribution in [0.4, 0.5) is 0 Å². The highest BCUT2D eigenvalue weighted by atomic mass is 32.2. The lowest BCUT2D eigenvalue weighted by atomic mass is 10.2. The second kappa shape index (κ2) is 9.86. The summed E-state index contributed by atoms with van der Waals surface area (Å²) in [7, 11) is 0. The van der Waals surface area contributed by atoms with Crippen LogP contribution in [0.1, 0.15) is 25.7 Å². The number of amides is 1. The van der Waals surface area contributed by atoms with E-state index in [1.807, 2.05) is 0 Å². The van der Waals surface area contributed by atoms with Gasteiger partial charge in [-0.25, -0.2) is 0 Å². The van der Waals surface area contributed by atoms with Gasteiger partial charge in [0.25, 0.3) is 0 Å². The van der Waals surface area contributed by atoms with Crippen LogP contribution >= 0.6 is 11.8 Å². The van der Waals surface area contributed by atoms with Gasteiger partial charge in [0.05, 0.1) is 0 Å². The fourth-order valence-electron chi connectivity index (χ4n) is 0.930. The first-order chi connectivity index (χ1) is 6.31. The van der Waals surface area contributed by atoms with Crippen molar-refractivity contribution in [3.05, 3.63) is 0 Å². The zero-order valence-corrected chi connectivity index (χ0v) is 9.03. The van der Waals surface area contributed by atoms with E-state index in [0.29, 0.717) is 6.42 Å². The molecule has 0 saturated heterocycles. The third-order valence-corrected chi connectivity index (χ3v) is 2.36. The average molecular weight is 205 g/mol. The molecule has 0 aliphatic heterocycles. The molecule has 0 unspecified atom stereocenters. The number of carbonyl (C=O) groups is 1. The van der Waals surface area contributed by atoms with Crippen LogP contribution in [0.3, 0.4) is 0 Å². The number of hydrogen-bond acceptors (Lipinski definition) is 3. The third-order valence-electron chi connectivity index (χ3n) is 1.66.